The Balaban J connectivity index is 1.88. The van der Waals surface area contributed by atoms with E-state index in [4.69, 9.17) is 27.9 Å². The lowest BCUT2D eigenvalue weighted by Gasteiger charge is -2.33. The summed E-state index contributed by atoms with van der Waals surface area (Å²) < 4.78 is 7.39. The maximum absolute atomic E-state index is 11.3. The third-order valence-electron chi connectivity index (χ3n) is 4.28. The lowest BCUT2D eigenvalue weighted by molar-refractivity contribution is -0.0294. The van der Waals surface area contributed by atoms with E-state index in [9.17, 15) is 5.11 Å². The third kappa shape index (κ3) is 4.01. The zero-order valence-corrected chi connectivity index (χ0v) is 15.9. The molecule has 0 fully saturated rings. The molecule has 1 N–H and O–H groups in total. The van der Waals surface area contributed by atoms with Gasteiger partial charge in [-0.1, -0.05) is 43.1 Å². The SMILES string of the molecule is CC(C)[C@@](O)(Cn1cncn1)c1ccc(Oc2ccc(Cl)cc2)cc1Cl. The summed E-state index contributed by atoms with van der Waals surface area (Å²) in [5.74, 6) is 1.14. The van der Waals surface area contributed by atoms with Crippen LogP contribution in [0.5, 0.6) is 11.5 Å². The molecule has 1 aromatic heterocycles. The molecule has 0 aliphatic carbocycles. The first kappa shape index (κ1) is 18.7. The van der Waals surface area contributed by atoms with Crippen molar-refractivity contribution in [3.05, 3.63) is 70.7 Å². The zero-order valence-electron chi connectivity index (χ0n) is 14.4. The van der Waals surface area contributed by atoms with E-state index < -0.39 is 5.60 Å². The van der Waals surface area contributed by atoms with Crippen molar-refractivity contribution in [2.75, 3.05) is 0 Å². The van der Waals surface area contributed by atoms with Gasteiger partial charge in [0.15, 0.2) is 0 Å². The van der Waals surface area contributed by atoms with Crippen molar-refractivity contribution >= 4 is 23.2 Å². The van der Waals surface area contributed by atoms with Gasteiger partial charge in [-0.25, -0.2) is 9.67 Å². The minimum absolute atomic E-state index is 0.0905. The van der Waals surface area contributed by atoms with Crippen LogP contribution >= 0.6 is 23.2 Å². The number of hydrogen-bond donors (Lipinski definition) is 1. The van der Waals surface area contributed by atoms with Crippen LogP contribution in [0.15, 0.2) is 55.1 Å². The summed E-state index contributed by atoms with van der Waals surface area (Å²) in [6, 6.07) is 12.3. The fourth-order valence-corrected chi connectivity index (χ4v) is 3.15. The Morgan fingerprint density at radius 1 is 1.12 bits per heavy atom. The molecule has 0 amide bonds. The number of nitrogens with zero attached hydrogens (tertiary/aromatic N) is 3. The van der Waals surface area contributed by atoms with Gasteiger partial charge in [0, 0.05) is 10.6 Å². The Labute approximate surface area is 162 Å². The standard InChI is InChI=1S/C19H19Cl2N3O2/c1-13(2)19(25,10-24-12-22-11-23-24)17-8-7-16(9-18(17)21)26-15-5-3-14(20)4-6-15/h3-9,11-13,25H,10H2,1-2H3/t19-/m0/s1. The van der Waals surface area contributed by atoms with Gasteiger partial charge in [0.1, 0.15) is 29.8 Å². The second-order valence-corrected chi connectivity index (χ2v) is 7.21. The van der Waals surface area contributed by atoms with Crippen LogP contribution in [0.3, 0.4) is 0 Å². The van der Waals surface area contributed by atoms with Crippen LogP contribution in [-0.2, 0) is 12.1 Å². The van der Waals surface area contributed by atoms with Gasteiger partial charge < -0.3 is 9.84 Å². The Morgan fingerprint density at radius 3 is 2.38 bits per heavy atom. The summed E-state index contributed by atoms with van der Waals surface area (Å²) in [5.41, 5.74) is -0.572. The van der Waals surface area contributed by atoms with Gasteiger partial charge in [-0.2, -0.15) is 5.10 Å². The highest BCUT2D eigenvalue weighted by molar-refractivity contribution is 6.31. The van der Waals surface area contributed by atoms with Gasteiger partial charge in [0.05, 0.1) is 11.6 Å². The topological polar surface area (TPSA) is 60.2 Å². The van der Waals surface area contributed by atoms with Crippen molar-refractivity contribution in [2.45, 2.75) is 26.0 Å². The molecule has 0 saturated heterocycles. The smallest absolute Gasteiger partial charge is 0.137 e. The van der Waals surface area contributed by atoms with Crippen LogP contribution in [0.1, 0.15) is 19.4 Å². The van der Waals surface area contributed by atoms with E-state index >= 15 is 0 Å². The Hall–Kier alpha value is -2.08. The largest absolute Gasteiger partial charge is 0.457 e. The van der Waals surface area contributed by atoms with E-state index in [0.717, 1.165) is 0 Å². The quantitative estimate of drug-likeness (QED) is 0.647. The van der Waals surface area contributed by atoms with Crippen molar-refractivity contribution < 1.29 is 9.84 Å². The Morgan fingerprint density at radius 2 is 1.81 bits per heavy atom. The molecule has 0 aliphatic rings. The van der Waals surface area contributed by atoms with E-state index in [2.05, 4.69) is 10.1 Å². The molecule has 26 heavy (non-hydrogen) atoms. The number of rotatable bonds is 6. The van der Waals surface area contributed by atoms with Crippen LogP contribution in [-0.4, -0.2) is 19.9 Å². The average Bonchev–Trinajstić information content (AvgIpc) is 3.09. The molecule has 0 spiro atoms. The maximum Gasteiger partial charge on any atom is 0.137 e. The zero-order chi connectivity index (χ0) is 18.7. The van der Waals surface area contributed by atoms with Gasteiger partial charge in [-0.05, 0) is 42.3 Å². The summed E-state index contributed by atoms with van der Waals surface area (Å²) in [6.45, 7) is 4.12. The highest BCUT2D eigenvalue weighted by Crippen LogP contribution is 2.38. The summed E-state index contributed by atoms with van der Waals surface area (Å²) in [5, 5.41) is 16.4. The van der Waals surface area contributed by atoms with Gasteiger partial charge in [0.2, 0.25) is 0 Å². The Kier molecular flexibility index (Phi) is 5.51. The first-order valence-electron chi connectivity index (χ1n) is 8.17. The molecular formula is C19H19Cl2N3O2. The molecule has 1 atom stereocenters. The minimum Gasteiger partial charge on any atom is -0.457 e. The second kappa shape index (κ2) is 7.66. The number of aliphatic hydroxyl groups is 1. The lowest BCUT2D eigenvalue weighted by atomic mass is 9.83. The molecule has 7 heteroatoms. The van der Waals surface area contributed by atoms with Gasteiger partial charge in [-0.3, -0.25) is 0 Å². The first-order valence-corrected chi connectivity index (χ1v) is 8.92. The van der Waals surface area contributed by atoms with Crippen molar-refractivity contribution in [3.63, 3.8) is 0 Å². The van der Waals surface area contributed by atoms with Gasteiger partial charge in [0.25, 0.3) is 0 Å². The number of hydrogen-bond acceptors (Lipinski definition) is 4. The average molecular weight is 392 g/mol. The second-order valence-electron chi connectivity index (χ2n) is 6.37. The van der Waals surface area contributed by atoms with Crippen molar-refractivity contribution in [3.8, 4) is 11.5 Å². The third-order valence-corrected chi connectivity index (χ3v) is 4.85. The highest BCUT2D eigenvalue weighted by atomic mass is 35.5. The fourth-order valence-electron chi connectivity index (χ4n) is 2.69. The first-order chi connectivity index (χ1) is 12.4. The van der Waals surface area contributed by atoms with E-state index in [1.165, 1.54) is 6.33 Å². The fraction of sp³-hybridized carbons (Fsp3) is 0.263. The molecule has 3 rings (SSSR count). The molecule has 5 nitrogen and oxygen atoms in total. The van der Waals surface area contributed by atoms with E-state index in [1.807, 2.05) is 13.8 Å². The minimum atomic E-state index is -1.19. The molecule has 0 bridgehead atoms. The van der Waals surface area contributed by atoms with Gasteiger partial charge in [-0.15, -0.1) is 0 Å². The summed E-state index contributed by atoms with van der Waals surface area (Å²) in [4.78, 5) is 3.93. The monoisotopic (exact) mass is 391 g/mol. The molecule has 2 aromatic carbocycles. The molecule has 0 aliphatic heterocycles. The van der Waals surface area contributed by atoms with Crippen molar-refractivity contribution in [2.24, 2.45) is 5.92 Å². The molecule has 0 saturated carbocycles. The molecule has 1 heterocycles. The van der Waals surface area contributed by atoms with Crippen molar-refractivity contribution in [1.29, 1.82) is 0 Å². The van der Waals surface area contributed by atoms with E-state index in [-0.39, 0.29) is 12.5 Å². The van der Waals surface area contributed by atoms with Crippen LogP contribution in [0.25, 0.3) is 0 Å². The number of aromatic nitrogens is 3. The molecule has 3 aromatic rings. The highest BCUT2D eigenvalue weighted by Gasteiger charge is 2.36. The van der Waals surface area contributed by atoms with Crippen LogP contribution < -0.4 is 4.74 Å². The molecule has 0 radical (unpaired) electrons. The molecule has 0 unspecified atom stereocenters. The van der Waals surface area contributed by atoms with Crippen LogP contribution in [0, 0.1) is 5.92 Å². The summed E-state index contributed by atoms with van der Waals surface area (Å²) in [6.07, 6.45) is 3.00. The van der Waals surface area contributed by atoms with Crippen molar-refractivity contribution in [1.82, 2.24) is 14.8 Å². The van der Waals surface area contributed by atoms with E-state index in [1.54, 1.807) is 53.5 Å². The number of halogens is 2. The Bertz CT molecular complexity index is 867. The summed E-state index contributed by atoms with van der Waals surface area (Å²) >= 11 is 12.4. The predicted octanol–water partition coefficient (Wildman–Crippen LogP) is 4.92. The van der Waals surface area contributed by atoms with Crippen LogP contribution in [0.2, 0.25) is 10.0 Å². The van der Waals surface area contributed by atoms with E-state index in [0.29, 0.717) is 27.1 Å². The predicted molar refractivity (Wildman–Crippen MR) is 102 cm³/mol. The van der Waals surface area contributed by atoms with Gasteiger partial charge >= 0.3 is 0 Å². The number of ether oxygens (including phenoxy) is 1. The molecular weight excluding hydrogens is 373 g/mol. The summed E-state index contributed by atoms with van der Waals surface area (Å²) in [7, 11) is 0. The van der Waals surface area contributed by atoms with Crippen LogP contribution in [0.4, 0.5) is 0 Å². The molecule has 136 valence electrons. The number of benzene rings is 2. The lowest BCUT2D eigenvalue weighted by Crippen LogP contribution is -2.37. The normalized spacial score (nSPS) is 13.6. The maximum atomic E-state index is 11.3.